The summed E-state index contributed by atoms with van der Waals surface area (Å²) < 4.78 is 13.0. The SMILES string of the molecule is COc1ccc2c3c1c(=O)c1ccccc1n3CC[C@H]2OC(C)=O. The molecular weight excluding hydrogens is 306 g/mol. The molecule has 0 N–H and O–H groups in total. The average molecular weight is 323 g/mol. The van der Waals surface area contributed by atoms with Crippen LogP contribution in [-0.4, -0.2) is 17.6 Å². The second kappa shape index (κ2) is 5.37. The number of aromatic nitrogens is 1. The molecule has 1 aliphatic heterocycles. The van der Waals surface area contributed by atoms with Gasteiger partial charge in [-0.3, -0.25) is 9.59 Å². The summed E-state index contributed by atoms with van der Waals surface area (Å²) >= 11 is 0. The van der Waals surface area contributed by atoms with Crippen LogP contribution in [0.4, 0.5) is 0 Å². The number of carbonyl (C=O) groups excluding carboxylic acids is 1. The van der Waals surface area contributed by atoms with Gasteiger partial charge >= 0.3 is 5.97 Å². The van der Waals surface area contributed by atoms with Crippen LogP contribution in [0.5, 0.6) is 5.75 Å². The Morgan fingerprint density at radius 2 is 2.00 bits per heavy atom. The fourth-order valence-electron chi connectivity index (χ4n) is 3.64. The summed E-state index contributed by atoms with van der Waals surface area (Å²) in [4.78, 5) is 24.5. The predicted octanol–water partition coefficient (Wildman–Crippen LogP) is 3.17. The third-order valence-electron chi connectivity index (χ3n) is 4.60. The Morgan fingerprint density at radius 3 is 2.75 bits per heavy atom. The minimum absolute atomic E-state index is 0.0565. The van der Waals surface area contributed by atoms with Crippen LogP contribution in [0.25, 0.3) is 21.8 Å². The minimum atomic E-state index is -0.337. The van der Waals surface area contributed by atoms with Crippen LogP contribution in [0.15, 0.2) is 41.2 Å². The smallest absolute Gasteiger partial charge is 0.303 e. The molecule has 1 atom stereocenters. The van der Waals surface area contributed by atoms with Crippen LogP contribution >= 0.6 is 0 Å². The number of rotatable bonds is 2. The summed E-state index contributed by atoms with van der Waals surface area (Å²) in [5.74, 6) is 0.224. The molecule has 0 aliphatic carbocycles. The van der Waals surface area contributed by atoms with E-state index in [1.807, 2.05) is 30.3 Å². The number of esters is 1. The van der Waals surface area contributed by atoms with Gasteiger partial charge in [0.15, 0.2) is 0 Å². The number of methoxy groups -OCH3 is 1. The molecule has 2 heterocycles. The molecule has 2 aromatic carbocycles. The van der Waals surface area contributed by atoms with Crippen molar-refractivity contribution in [2.75, 3.05) is 7.11 Å². The number of pyridine rings is 1. The fourth-order valence-corrected chi connectivity index (χ4v) is 3.64. The highest BCUT2D eigenvalue weighted by Crippen LogP contribution is 2.38. The number of carbonyl (C=O) groups is 1. The molecular formula is C19H17NO4. The molecule has 0 saturated heterocycles. The van der Waals surface area contributed by atoms with E-state index in [2.05, 4.69) is 4.57 Å². The molecule has 5 nitrogen and oxygen atoms in total. The molecule has 1 aliphatic rings. The van der Waals surface area contributed by atoms with E-state index < -0.39 is 0 Å². The number of hydrogen-bond acceptors (Lipinski definition) is 4. The Hall–Kier alpha value is -2.82. The first-order chi connectivity index (χ1) is 11.6. The third-order valence-corrected chi connectivity index (χ3v) is 4.60. The number of nitrogens with zero attached hydrogens (tertiary/aromatic N) is 1. The van der Waals surface area contributed by atoms with E-state index in [4.69, 9.17) is 9.47 Å². The second-order valence-electron chi connectivity index (χ2n) is 5.97. The first-order valence-corrected chi connectivity index (χ1v) is 7.91. The first-order valence-electron chi connectivity index (χ1n) is 7.91. The predicted molar refractivity (Wildman–Crippen MR) is 91.4 cm³/mol. The number of aryl methyl sites for hydroxylation is 1. The van der Waals surface area contributed by atoms with Gasteiger partial charge in [0.25, 0.3) is 0 Å². The Balaban J connectivity index is 2.17. The first kappa shape index (κ1) is 14.8. The van der Waals surface area contributed by atoms with Crippen molar-refractivity contribution >= 4 is 27.8 Å². The summed E-state index contributed by atoms with van der Waals surface area (Å²) in [6.07, 6.45) is 0.345. The standard InChI is InChI=1S/C19H17NO4/c1-11(21)24-15-9-10-20-14-6-4-3-5-12(14)19(22)17-16(23-2)8-7-13(15)18(17)20/h3-8,15H,9-10H2,1-2H3/t15-/m1/s1. The Morgan fingerprint density at radius 1 is 1.21 bits per heavy atom. The van der Waals surface area contributed by atoms with E-state index >= 15 is 0 Å². The average Bonchev–Trinajstić information content (AvgIpc) is 2.59. The monoisotopic (exact) mass is 323 g/mol. The maximum absolute atomic E-state index is 13.0. The van der Waals surface area contributed by atoms with E-state index in [0.717, 1.165) is 16.6 Å². The number of ether oxygens (including phenoxy) is 2. The minimum Gasteiger partial charge on any atom is -0.496 e. The number of para-hydroxylation sites is 1. The largest absolute Gasteiger partial charge is 0.496 e. The van der Waals surface area contributed by atoms with Crippen molar-refractivity contribution in [3.05, 3.63) is 52.2 Å². The highest BCUT2D eigenvalue weighted by atomic mass is 16.5. The van der Waals surface area contributed by atoms with E-state index in [-0.39, 0.29) is 17.5 Å². The lowest BCUT2D eigenvalue weighted by atomic mass is 9.96. The van der Waals surface area contributed by atoms with Gasteiger partial charge in [-0.25, -0.2) is 0 Å². The van der Waals surface area contributed by atoms with Crippen molar-refractivity contribution in [2.45, 2.75) is 26.0 Å². The van der Waals surface area contributed by atoms with Crippen molar-refractivity contribution in [3.8, 4) is 5.75 Å². The van der Waals surface area contributed by atoms with Crippen LogP contribution in [0.2, 0.25) is 0 Å². The van der Waals surface area contributed by atoms with Crippen LogP contribution in [-0.2, 0) is 16.1 Å². The van der Waals surface area contributed by atoms with Crippen molar-refractivity contribution < 1.29 is 14.3 Å². The highest BCUT2D eigenvalue weighted by Gasteiger charge is 2.27. The zero-order chi connectivity index (χ0) is 16.8. The third kappa shape index (κ3) is 2.01. The molecule has 24 heavy (non-hydrogen) atoms. The molecule has 1 aromatic heterocycles. The molecule has 0 saturated carbocycles. The van der Waals surface area contributed by atoms with Crippen LogP contribution < -0.4 is 10.2 Å². The fraction of sp³-hybridized carbons (Fsp3) is 0.263. The summed E-state index contributed by atoms with van der Waals surface area (Å²) in [7, 11) is 1.56. The lowest BCUT2D eigenvalue weighted by Gasteiger charge is -2.28. The maximum Gasteiger partial charge on any atom is 0.303 e. The van der Waals surface area contributed by atoms with Crippen molar-refractivity contribution in [2.24, 2.45) is 0 Å². The van der Waals surface area contributed by atoms with E-state index in [1.54, 1.807) is 13.2 Å². The number of hydrogen-bond donors (Lipinski definition) is 0. The quantitative estimate of drug-likeness (QED) is 0.537. The summed E-state index contributed by atoms with van der Waals surface area (Å²) in [6.45, 7) is 2.08. The normalized spacial score (nSPS) is 16.3. The van der Waals surface area contributed by atoms with Gasteiger partial charge in [-0.05, 0) is 24.3 Å². The molecule has 122 valence electrons. The number of fused-ring (bicyclic) bond motifs is 2. The molecule has 5 heteroatoms. The van der Waals surface area contributed by atoms with Gasteiger partial charge in [-0.1, -0.05) is 12.1 Å². The number of benzene rings is 2. The maximum atomic E-state index is 13.0. The topological polar surface area (TPSA) is 57.5 Å². The zero-order valence-corrected chi connectivity index (χ0v) is 13.5. The molecule has 3 aromatic rings. The molecule has 4 rings (SSSR count). The molecule has 0 fully saturated rings. The van der Waals surface area contributed by atoms with Gasteiger partial charge in [0.1, 0.15) is 11.9 Å². The van der Waals surface area contributed by atoms with Crippen molar-refractivity contribution in [3.63, 3.8) is 0 Å². The summed E-state index contributed by atoms with van der Waals surface area (Å²) in [5, 5.41) is 1.22. The zero-order valence-electron chi connectivity index (χ0n) is 13.5. The van der Waals surface area contributed by atoms with E-state index in [0.29, 0.717) is 29.5 Å². The Kier molecular flexibility index (Phi) is 3.30. The van der Waals surface area contributed by atoms with Gasteiger partial charge in [0.05, 0.1) is 23.5 Å². The lowest BCUT2D eigenvalue weighted by Crippen LogP contribution is -2.22. The van der Waals surface area contributed by atoms with E-state index in [1.165, 1.54) is 6.92 Å². The van der Waals surface area contributed by atoms with Crippen molar-refractivity contribution in [1.29, 1.82) is 0 Å². The Labute approximate surface area is 138 Å². The van der Waals surface area contributed by atoms with Gasteiger partial charge in [0, 0.05) is 30.8 Å². The molecule has 0 bridgehead atoms. The molecule has 0 spiro atoms. The Bertz CT molecular complexity index is 1030. The summed E-state index contributed by atoms with van der Waals surface area (Å²) in [6, 6.07) is 11.2. The highest BCUT2D eigenvalue weighted by molar-refractivity contribution is 5.98. The second-order valence-corrected chi connectivity index (χ2v) is 5.97. The molecule has 0 unspecified atom stereocenters. The summed E-state index contributed by atoms with van der Waals surface area (Å²) in [5.41, 5.74) is 2.50. The van der Waals surface area contributed by atoms with Crippen LogP contribution in [0, 0.1) is 0 Å². The molecule has 0 amide bonds. The van der Waals surface area contributed by atoms with Crippen LogP contribution in [0.3, 0.4) is 0 Å². The molecule has 0 radical (unpaired) electrons. The van der Waals surface area contributed by atoms with Gasteiger partial charge < -0.3 is 14.0 Å². The van der Waals surface area contributed by atoms with Gasteiger partial charge in [-0.15, -0.1) is 0 Å². The lowest BCUT2D eigenvalue weighted by molar-refractivity contribution is -0.147. The van der Waals surface area contributed by atoms with Crippen molar-refractivity contribution in [1.82, 2.24) is 4.57 Å². The van der Waals surface area contributed by atoms with Crippen LogP contribution in [0.1, 0.15) is 25.0 Å². The van der Waals surface area contributed by atoms with Gasteiger partial charge in [-0.2, -0.15) is 0 Å². The van der Waals surface area contributed by atoms with Gasteiger partial charge in [0.2, 0.25) is 5.43 Å². The van der Waals surface area contributed by atoms with E-state index in [9.17, 15) is 9.59 Å².